The molecule has 1 atom stereocenters. The van der Waals surface area contributed by atoms with Crippen molar-refractivity contribution in [2.24, 2.45) is 14.1 Å². The highest BCUT2D eigenvalue weighted by Crippen LogP contribution is 2.17. The number of nitrogens with zero attached hydrogens (tertiary/aromatic N) is 5. The zero-order valence-electron chi connectivity index (χ0n) is 9.62. The molecule has 0 aliphatic carbocycles. The maximum Gasteiger partial charge on any atom is 0.138 e. The van der Waals surface area contributed by atoms with E-state index in [1.165, 1.54) is 6.33 Å². The van der Waals surface area contributed by atoms with Crippen LogP contribution in [0.15, 0.2) is 12.4 Å². The molecule has 0 saturated carbocycles. The summed E-state index contributed by atoms with van der Waals surface area (Å²) in [6.45, 7) is 1.90. The van der Waals surface area contributed by atoms with E-state index < -0.39 is 6.10 Å². The Morgan fingerprint density at radius 1 is 1.38 bits per heavy atom. The Kier molecular flexibility index (Phi) is 2.74. The number of aliphatic hydroxyl groups excluding tert-OH is 1. The molecule has 0 aromatic carbocycles. The van der Waals surface area contributed by atoms with Crippen LogP contribution >= 0.6 is 0 Å². The molecular weight excluding hydrogens is 206 g/mol. The average Bonchev–Trinajstić information content (AvgIpc) is 2.74. The highest BCUT2D eigenvalue weighted by molar-refractivity contribution is 5.12. The van der Waals surface area contributed by atoms with Crippen LogP contribution < -0.4 is 0 Å². The molecule has 16 heavy (non-hydrogen) atoms. The molecule has 0 amide bonds. The second-order valence-electron chi connectivity index (χ2n) is 3.85. The summed E-state index contributed by atoms with van der Waals surface area (Å²) >= 11 is 0. The SMILES string of the molecule is Cc1cc(C(O)Cc2ncnn2C)n(C)n1. The van der Waals surface area contributed by atoms with Crippen LogP contribution in [0.25, 0.3) is 0 Å². The first-order valence-electron chi connectivity index (χ1n) is 5.09. The van der Waals surface area contributed by atoms with Gasteiger partial charge < -0.3 is 5.11 Å². The number of hydrogen-bond donors (Lipinski definition) is 1. The number of aromatic nitrogens is 5. The second kappa shape index (κ2) is 4.05. The van der Waals surface area contributed by atoms with E-state index in [1.54, 1.807) is 9.36 Å². The van der Waals surface area contributed by atoms with E-state index in [-0.39, 0.29) is 0 Å². The summed E-state index contributed by atoms with van der Waals surface area (Å²) in [6.07, 6.45) is 1.32. The summed E-state index contributed by atoms with van der Waals surface area (Å²) in [7, 11) is 3.63. The molecular formula is C10H15N5O. The monoisotopic (exact) mass is 221 g/mol. The molecule has 2 heterocycles. The molecule has 0 bridgehead atoms. The third kappa shape index (κ3) is 1.96. The Morgan fingerprint density at radius 2 is 2.12 bits per heavy atom. The van der Waals surface area contributed by atoms with Gasteiger partial charge in [-0.3, -0.25) is 9.36 Å². The molecule has 6 heteroatoms. The van der Waals surface area contributed by atoms with E-state index in [2.05, 4.69) is 15.2 Å². The van der Waals surface area contributed by atoms with Gasteiger partial charge >= 0.3 is 0 Å². The van der Waals surface area contributed by atoms with Crippen LogP contribution in [0.2, 0.25) is 0 Å². The fourth-order valence-electron chi connectivity index (χ4n) is 1.72. The maximum atomic E-state index is 10.1. The zero-order valence-corrected chi connectivity index (χ0v) is 9.62. The van der Waals surface area contributed by atoms with Crippen molar-refractivity contribution in [3.63, 3.8) is 0 Å². The summed E-state index contributed by atoms with van der Waals surface area (Å²) < 4.78 is 3.35. The van der Waals surface area contributed by atoms with Crippen molar-refractivity contribution in [2.45, 2.75) is 19.4 Å². The van der Waals surface area contributed by atoms with Crippen LogP contribution in [0, 0.1) is 6.92 Å². The van der Waals surface area contributed by atoms with Gasteiger partial charge in [0.25, 0.3) is 0 Å². The van der Waals surface area contributed by atoms with Crippen molar-refractivity contribution in [1.82, 2.24) is 24.5 Å². The molecule has 0 saturated heterocycles. The van der Waals surface area contributed by atoms with Gasteiger partial charge in [0.05, 0.1) is 11.4 Å². The Balaban J connectivity index is 2.17. The molecule has 0 aliphatic heterocycles. The first-order valence-corrected chi connectivity index (χ1v) is 5.09. The fourth-order valence-corrected chi connectivity index (χ4v) is 1.72. The third-order valence-corrected chi connectivity index (χ3v) is 2.56. The van der Waals surface area contributed by atoms with Crippen molar-refractivity contribution >= 4 is 0 Å². The van der Waals surface area contributed by atoms with Gasteiger partial charge in [-0.2, -0.15) is 10.2 Å². The molecule has 1 unspecified atom stereocenters. The number of aryl methyl sites for hydroxylation is 3. The molecule has 2 aromatic rings. The van der Waals surface area contributed by atoms with E-state index >= 15 is 0 Å². The summed E-state index contributed by atoms with van der Waals surface area (Å²) in [5, 5.41) is 18.2. The predicted molar refractivity (Wildman–Crippen MR) is 57.6 cm³/mol. The zero-order chi connectivity index (χ0) is 11.7. The molecule has 0 radical (unpaired) electrons. The average molecular weight is 221 g/mol. The molecule has 6 nitrogen and oxygen atoms in total. The molecule has 1 N–H and O–H groups in total. The number of rotatable bonds is 3. The van der Waals surface area contributed by atoms with Gasteiger partial charge in [0, 0.05) is 20.5 Å². The van der Waals surface area contributed by atoms with E-state index in [0.717, 1.165) is 17.2 Å². The molecule has 0 aliphatic rings. The van der Waals surface area contributed by atoms with Crippen molar-refractivity contribution in [2.75, 3.05) is 0 Å². The Morgan fingerprint density at radius 3 is 2.62 bits per heavy atom. The summed E-state index contributed by atoms with van der Waals surface area (Å²) in [5.41, 5.74) is 1.69. The molecule has 0 fully saturated rings. The lowest BCUT2D eigenvalue weighted by molar-refractivity contribution is 0.164. The molecule has 2 rings (SSSR count). The Hall–Kier alpha value is -1.69. The standard InChI is InChI=1S/C10H15N5O/c1-7-4-8(14(2)13-7)9(16)5-10-11-6-12-15(10)3/h4,6,9,16H,5H2,1-3H3. The first-order chi connectivity index (χ1) is 7.58. The molecule has 2 aromatic heterocycles. The molecule has 0 spiro atoms. The topological polar surface area (TPSA) is 68.8 Å². The number of aliphatic hydroxyl groups is 1. The largest absolute Gasteiger partial charge is 0.386 e. The lowest BCUT2D eigenvalue weighted by Gasteiger charge is -2.09. The lowest BCUT2D eigenvalue weighted by atomic mass is 10.1. The predicted octanol–water partition coefficient (Wildman–Crippen LogP) is 0.133. The van der Waals surface area contributed by atoms with Crippen molar-refractivity contribution in [1.29, 1.82) is 0 Å². The minimum Gasteiger partial charge on any atom is -0.386 e. The van der Waals surface area contributed by atoms with Gasteiger partial charge in [0.2, 0.25) is 0 Å². The van der Waals surface area contributed by atoms with Gasteiger partial charge in [-0.1, -0.05) is 0 Å². The third-order valence-electron chi connectivity index (χ3n) is 2.56. The van der Waals surface area contributed by atoms with Crippen molar-refractivity contribution < 1.29 is 5.11 Å². The highest BCUT2D eigenvalue weighted by Gasteiger charge is 2.15. The van der Waals surface area contributed by atoms with Gasteiger partial charge in [0.1, 0.15) is 18.3 Å². The second-order valence-corrected chi connectivity index (χ2v) is 3.85. The highest BCUT2D eigenvalue weighted by atomic mass is 16.3. The lowest BCUT2D eigenvalue weighted by Crippen LogP contribution is -2.11. The van der Waals surface area contributed by atoms with Crippen LogP contribution in [0.3, 0.4) is 0 Å². The van der Waals surface area contributed by atoms with Crippen LogP contribution in [0.4, 0.5) is 0 Å². The van der Waals surface area contributed by atoms with Crippen LogP contribution in [-0.2, 0) is 20.5 Å². The maximum absolute atomic E-state index is 10.1. The van der Waals surface area contributed by atoms with Gasteiger partial charge in [-0.15, -0.1) is 0 Å². The number of hydrogen-bond acceptors (Lipinski definition) is 4. The van der Waals surface area contributed by atoms with E-state index in [1.807, 2.05) is 27.1 Å². The first kappa shape index (κ1) is 10.8. The minimum atomic E-state index is -0.603. The summed E-state index contributed by atoms with van der Waals surface area (Å²) in [5.74, 6) is 0.756. The van der Waals surface area contributed by atoms with E-state index in [9.17, 15) is 5.11 Å². The Labute approximate surface area is 93.5 Å². The quantitative estimate of drug-likeness (QED) is 0.800. The van der Waals surface area contributed by atoms with Gasteiger partial charge in [-0.05, 0) is 13.0 Å². The van der Waals surface area contributed by atoms with Crippen LogP contribution in [0.1, 0.15) is 23.3 Å². The minimum absolute atomic E-state index is 0.440. The van der Waals surface area contributed by atoms with E-state index in [0.29, 0.717) is 6.42 Å². The van der Waals surface area contributed by atoms with Crippen LogP contribution in [0.5, 0.6) is 0 Å². The Bertz CT molecular complexity index is 487. The van der Waals surface area contributed by atoms with Crippen molar-refractivity contribution in [3.8, 4) is 0 Å². The normalized spacial score (nSPS) is 13.0. The van der Waals surface area contributed by atoms with Gasteiger partial charge in [-0.25, -0.2) is 4.98 Å². The molecule has 86 valence electrons. The summed E-state index contributed by atoms with van der Waals surface area (Å²) in [4.78, 5) is 4.08. The van der Waals surface area contributed by atoms with Crippen molar-refractivity contribution in [3.05, 3.63) is 29.6 Å². The fraction of sp³-hybridized carbons (Fsp3) is 0.500. The smallest absolute Gasteiger partial charge is 0.138 e. The van der Waals surface area contributed by atoms with Crippen LogP contribution in [-0.4, -0.2) is 29.7 Å². The van der Waals surface area contributed by atoms with Gasteiger partial charge in [0.15, 0.2) is 0 Å². The summed E-state index contributed by atoms with van der Waals surface area (Å²) in [6, 6.07) is 1.88. The van der Waals surface area contributed by atoms with E-state index in [4.69, 9.17) is 0 Å².